The summed E-state index contributed by atoms with van der Waals surface area (Å²) < 4.78 is 28.9. The Bertz CT molecular complexity index is 2540. The fourth-order valence-electron chi connectivity index (χ4n) is 5.28. The van der Waals surface area contributed by atoms with Gasteiger partial charge in [0.15, 0.2) is 5.95 Å². The Morgan fingerprint density at radius 3 is 1.66 bits per heavy atom. The minimum atomic E-state index is -0.316. The van der Waals surface area contributed by atoms with Crippen molar-refractivity contribution in [3.63, 3.8) is 0 Å². The minimum Gasteiger partial charge on any atom is -0.369 e. The molecule has 4 aromatic carbocycles. The lowest BCUT2D eigenvalue weighted by Crippen LogP contribution is -2.22. The Balaban J connectivity index is 0.000000170. The highest BCUT2D eigenvalue weighted by Gasteiger charge is 2.08. The third-order valence-electron chi connectivity index (χ3n) is 7.73. The molecule has 8 rings (SSSR count). The predicted octanol–water partition coefficient (Wildman–Crippen LogP) is 6.17. The molecule has 250 valence electrons. The van der Waals surface area contributed by atoms with Gasteiger partial charge < -0.3 is 15.7 Å². The summed E-state index contributed by atoms with van der Waals surface area (Å²) in [4.78, 5) is 38.6. The first-order chi connectivity index (χ1) is 23.8. The van der Waals surface area contributed by atoms with Crippen LogP contribution in [0.3, 0.4) is 0 Å². The summed E-state index contributed by atoms with van der Waals surface area (Å²) in [6.07, 6.45) is 1.63. The van der Waals surface area contributed by atoms with Gasteiger partial charge >= 0.3 is 0 Å². The summed E-state index contributed by atoms with van der Waals surface area (Å²) in [6, 6.07) is 29.6. The molecule has 8 aromatic rings. The second-order valence-electron chi connectivity index (χ2n) is 11.2. The van der Waals surface area contributed by atoms with E-state index in [0.29, 0.717) is 30.4 Å². The molecule has 0 saturated heterocycles. The lowest BCUT2D eigenvalue weighted by molar-refractivity contribution is 0.627. The maximum absolute atomic E-state index is 13.1. The zero-order valence-electron chi connectivity index (χ0n) is 25.7. The van der Waals surface area contributed by atoms with Crippen LogP contribution in [0.2, 0.25) is 0 Å². The molecule has 0 bridgehead atoms. The number of nitrogens with zero attached hydrogens (tertiary/aromatic N) is 6. The molecular formula is C37H31F2N9O2. The van der Waals surface area contributed by atoms with Crippen LogP contribution in [-0.2, 0) is 13.1 Å². The van der Waals surface area contributed by atoms with Gasteiger partial charge in [0.2, 0.25) is 0 Å². The van der Waals surface area contributed by atoms with Gasteiger partial charge in [0.25, 0.3) is 11.1 Å². The smallest absolute Gasteiger partial charge is 0.267 e. The van der Waals surface area contributed by atoms with Crippen LogP contribution in [0.25, 0.3) is 44.6 Å². The Morgan fingerprint density at radius 2 is 1.12 bits per heavy atom. The van der Waals surface area contributed by atoms with Gasteiger partial charge in [0.05, 0.1) is 52.9 Å². The first-order valence-electron chi connectivity index (χ1n) is 15.1. The number of anilines is 1. The summed E-state index contributed by atoms with van der Waals surface area (Å²) >= 11 is 0. The Labute approximate surface area is 283 Å². The molecule has 4 heterocycles. The molecule has 0 amide bonds. The van der Waals surface area contributed by atoms with Crippen LogP contribution in [0.15, 0.2) is 125 Å². The number of hydrogen-bond acceptors (Lipinski definition) is 7. The molecule has 0 aliphatic rings. The number of aromatic nitrogens is 8. The Hall–Kier alpha value is -6.76. The van der Waals surface area contributed by atoms with Crippen LogP contribution in [0.4, 0.5) is 14.7 Å². The SMILES string of the molecule is C.Nc1nc2ccc(Cn3nc(-c4ccc(F)cc4)ccc3=O)cc2[nH]1.O=c1ccc(-c2ccc(F)cc2)nn1Cc1ccc2nc[nH]c2c1. The fourth-order valence-corrected chi connectivity index (χ4v) is 5.28. The Kier molecular flexibility index (Phi) is 9.39. The summed E-state index contributed by atoms with van der Waals surface area (Å²) in [5.41, 5.74) is 13.2. The molecule has 0 unspecified atom stereocenters. The standard InChI is InChI=1S/C18H14FN5O.C18H13FN4O.CH4/c19-13-4-2-12(3-5-13)14-7-8-17(25)24(23-14)10-11-1-6-15-16(9-11)22-18(20)21-15;19-14-4-2-13(3-5-14)15-7-8-18(24)23(22-15)10-12-1-6-16-17(9-12)21-11-20-16;/h1-9H,10H2,(H3,20,21,22);1-9,11H,10H2,(H,20,21);1H4. The molecule has 0 aliphatic heterocycles. The summed E-state index contributed by atoms with van der Waals surface area (Å²) in [6.45, 7) is 0.658. The topological polar surface area (TPSA) is 153 Å². The van der Waals surface area contributed by atoms with Gasteiger partial charge in [-0.05, 0) is 96.1 Å². The van der Waals surface area contributed by atoms with E-state index in [4.69, 9.17) is 5.73 Å². The second-order valence-corrected chi connectivity index (χ2v) is 11.2. The lowest BCUT2D eigenvalue weighted by atomic mass is 10.1. The molecule has 0 atom stereocenters. The summed E-state index contributed by atoms with van der Waals surface area (Å²) in [5.74, 6) is -0.273. The third kappa shape index (κ3) is 7.36. The molecular weight excluding hydrogens is 640 g/mol. The minimum absolute atomic E-state index is 0. The monoisotopic (exact) mass is 671 g/mol. The number of imidazole rings is 2. The van der Waals surface area contributed by atoms with E-state index in [-0.39, 0.29) is 30.2 Å². The van der Waals surface area contributed by atoms with Crippen LogP contribution in [0.1, 0.15) is 18.6 Å². The van der Waals surface area contributed by atoms with Crippen molar-refractivity contribution in [1.82, 2.24) is 39.5 Å². The highest BCUT2D eigenvalue weighted by Crippen LogP contribution is 2.19. The lowest BCUT2D eigenvalue weighted by Gasteiger charge is -2.07. The number of benzene rings is 4. The highest BCUT2D eigenvalue weighted by atomic mass is 19.1. The normalized spacial score (nSPS) is 10.8. The molecule has 0 spiro atoms. The second kappa shape index (κ2) is 14.2. The molecule has 4 N–H and O–H groups in total. The summed E-state index contributed by atoms with van der Waals surface area (Å²) in [7, 11) is 0. The van der Waals surface area contributed by atoms with Crippen molar-refractivity contribution < 1.29 is 8.78 Å². The number of halogens is 2. The fraction of sp³-hybridized carbons (Fsp3) is 0.0811. The van der Waals surface area contributed by atoms with Crippen LogP contribution < -0.4 is 16.9 Å². The van der Waals surface area contributed by atoms with Crippen molar-refractivity contribution in [2.45, 2.75) is 20.5 Å². The van der Waals surface area contributed by atoms with Crippen molar-refractivity contribution in [3.05, 3.63) is 159 Å². The van der Waals surface area contributed by atoms with Gasteiger partial charge in [-0.15, -0.1) is 0 Å². The average Bonchev–Trinajstić information content (AvgIpc) is 3.73. The van der Waals surface area contributed by atoms with E-state index < -0.39 is 0 Å². The van der Waals surface area contributed by atoms with Gasteiger partial charge in [-0.1, -0.05) is 19.6 Å². The highest BCUT2D eigenvalue weighted by molar-refractivity contribution is 5.78. The number of nitrogen functional groups attached to an aromatic ring is 1. The van der Waals surface area contributed by atoms with Gasteiger partial charge in [-0.2, -0.15) is 10.2 Å². The van der Waals surface area contributed by atoms with Crippen molar-refractivity contribution in [3.8, 4) is 22.5 Å². The molecule has 13 heteroatoms. The van der Waals surface area contributed by atoms with Crippen molar-refractivity contribution in [2.24, 2.45) is 0 Å². The van der Waals surface area contributed by atoms with Gasteiger partial charge in [-0.25, -0.2) is 28.1 Å². The van der Waals surface area contributed by atoms with Crippen LogP contribution >= 0.6 is 0 Å². The zero-order valence-corrected chi connectivity index (χ0v) is 25.7. The number of aromatic amines is 2. The number of H-pyrrole nitrogens is 2. The molecule has 0 fully saturated rings. The number of nitrogens with two attached hydrogens (primary N) is 1. The molecule has 0 aliphatic carbocycles. The van der Waals surface area contributed by atoms with E-state index in [1.807, 2.05) is 36.4 Å². The molecule has 4 aromatic heterocycles. The largest absolute Gasteiger partial charge is 0.369 e. The van der Waals surface area contributed by atoms with Crippen LogP contribution in [0.5, 0.6) is 0 Å². The molecule has 11 nitrogen and oxygen atoms in total. The number of fused-ring (bicyclic) bond motifs is 2. The number of rotatable bonds is 6. The van der Waals surface area contributed by atoms with Crippen molar-refractivity contribution in [1.29, 1.82) is 0 Å². The van der Waals surface area contributed by atoms with E-state index in [9.17, 15) is 18.4 Å². The van der Waals surface area contributed by atoms with E-state index in [0.717, 1.165) is 44.3 Å². The summed E-state index contributed by atoms with van der Waals surface area (Å²) in [5, 5.41) is 8.78. The number of hydrogen-bond donors (Lipinski definition) is 3. The van der Waals surface area contributed by atoms with E-state index in [1.54, 1.807) is 42.7 Å². The maximum Gasteiger partial charge on any atom is 0.267 e. The first-order valence-corrected chi connectivity index (χ1v) is 15.1. The molecule has 50 heavy (non-hydrogen) atoms. The van der Waals surface area contributed by atoms with E-state index in [1.165, 1.54) is 45.8 Å². The average molecular weight is 672 g/mol. The number of nitrogens with one attached hydrogen (secondary N) is 2. The third-order valence-corrected chi connectivity index (χ3v) is 7.73. The molecule has 0 radical (unpaired) electrons. The van der Waals surface area contributed by atoms with Gasteiger partial charge in [0.1, 0.15) is 11.6 Å². The predicted molar refractivity (Wildman–Crippen MR) is 189 cm³/mol. The van der Waals surface area contributed by atoms with Gasteiger partial charge in [0, 0.05) is 23.3 Å². The zero-order chi connectivity index (χ0) is 33.9. The van der Waals surface area contributed by atoms with E-state index >= 15 is 0 Å². The van der Waals surface area contributed by atoms with E-state index in [2.05, 4.69) is 30.1 Å². The van der Waals surface area contributed by atoms with Gasteiger partial charge in [-0.3, -0.25) is 9.59 Å². The quantitative estimate of drug-likeness (QED) is 0.191. The first kappa shape index (κ1) is 33.2. The van der Waals surface area contributed by atoms with Crippen LogP contribution in [0, 0.1) is 11.6 Å². The van der Waals surface area contributed by atoms with Crippen molar-refractivity contribution >= 4 is 28.0 Å². The maximum atomic E-state index is 13.1. The molecule has 0 saturated carbocycles. The van der Waals surface area contributed by atoms with Crippen LogP contribution in [-0.4, -0.2) is 39.5 Å². The Morgan fingerprint density at radius 1 is 0.620 bits per heavy atom. The van der Waals surface area contributed by atoms with Crippen molar-refractivity contribution in [2.75, 3.05) is 5.73 Å².